The number of likely N-dealkylation sites (tertiary alicyclic amines) is 1. The molecule has 3 aliphatic rings. The van der Waals surface area contributed by atoms with Crippen LogP contribution in [-0.2, 0) is 28.7 Å². The van der Waals surface area contributed by atoms with Gasteiger partial charge >= 0.3 is 6.18 Å². The second-order valence-electron chi connectivity index (χ2n) is 10.00. The maximum Gasteiger partial charge on any atom is 0.417 e. The molecule has 3 fully saturated rings. The van der Waals surface area contributed by atoms with E-state index in [0.717, 1.165) is 50.3 Å². The van der Waals surface area contributed by atoms with E-state index in [1.54, 1.807) is 17.0 Å². The van der Waals surface area contributed by atoms with Crippen LogP contribution in [0.1, 0.15) is 42.5 Å². The van der Waals surface area contributed by atoms with Gasteiger partial charge in [0.25, 0.3) is 11.6 Å². The summed E-state index contributed by atoms with van der Waals surface area (Å²) in [6.45, 7) is 2.84. The minimum Gasteiger partial charge on any atom is -0.357 e. The number of rotatable bonds is 6. The van der Waals surface area contributed by atoms with Gasteiger partial charge in [0.15, 0.2) is 0 Å². The third kappa shape index (κ3) is 5.08. The number of amides is 1. The first-order valence-electron chi connectivity index (χ1n) is 12.1. The van der Waals surface area contributed by atoms with Crippen molar-refractivity contribution < 1.29 is 27.6 Å². The van der Waals surface area contributed by atoms with E-state index in [0.29, 0.717) is 31.5 Å². The molecule has 1 aromatic heterocycles. The number of pyridine rings is 1. The van der Waals surface area contributed by atoms with Gasteiger partial charge in [0.2, 0.25) is 0 Å². The molecule has 3 heterocycles. The Balaban J connectivity index is 1.21. The molecule has 8 nitrogen and oxygen atoms in total. The molecule has 0 unspecified atom stereocenters. The van der Waals surface area contributed by atoms with Gasteiger partial charge in [-0.05, 0) is 49.8 Å². The van der Waals surface area contributed by atoms with Gasteiger partial charge in [-0.15, -0.1) is 0 Å². The Morgan fingerprint density at radius 1 is 1.11 bits per heavy atom. The maximum absolute atomic E-state index is 13.1. The van der Waals surface area contributed by atoms with Crippen molar-refractivity contribution in [1.29, 1.82) is 0 Å². The van der Waals surface area contributed by atoms with Crippen molar-refractivity contribution in [2.75, 3.05) is 26.2 Å². The molecule has 2 aliphatic heterocycles. The molecule has 5 rings (SSSR count). The molecule has 192 valence electrons. The molecule has 11 heteroatoms. The number of alkyl halides is 3. The van der Waals surface area contributed by atoms with Crippen molar-refractivity contribution in [3.8, 4) is 0 Å². The van der Waals surface area contributed by atoms with Gasteiger partial charge in [-0.2, -0.15) is 13.2 Å². The van der Waals surface area contributed by atoms with E-state index in [1.807, 2.05) is 6.07 Å². The lowest BCUT2D eigenvalue weighted by Crippen LogP contribution is -2.62. The van der Waals surface area contributed by atoms with E-state index in [9.17, 15) is 28.1 Å². The van der Waals surface area contributed by atoms with Gasteiger partial charge in [0.1, 0.15) is 5.60 Å². The van der Waals surface area contributed by atoms with Crippen molar-refractivity contribution in [2.45, 2.75) is 56.0 Å². The van der Waals surface area contributed by atoms with Gasteiger partial charge in [0, 0.05) is 38.0 Å². The summed E-state index contributed by atoms with van der Waals surface area (Å²) in [7, 11) is 0. The van der Waals surface area contributed by atoms with Crippen molar-refractivity contribution >= 4 is 11.6 Å². The summed E-state index contributed by atoms with van der Waals surface area (Å²) in [6.07, 6.45) is -0.179. The molecular formula is C25H27F3N4O4. The molecule has 2 aromatic rings. The molecule has 0 radical (unpaired) electrons. The third-order valence-corrected chi connectivity index (χ3v) is 7.38. The normalized spacial score (nSPS) is 21.2. The molecule has 1 saturated carbocycles. The van der Waals surface area contributed by atoms with Gasteiger partial charge in [0.05, 0.1) is 34.9 Å². The first kappa shape index (κ1) is 24.6. The lowest BCUT2D eigenvalue weighted by atomic mass is 9.87. The molecule has 0 atom stereocenters. The van der Waals surface area contributed by atoms with E-state index in [2.05, 4.69) is 9.88 Å². The Morgan fingerprint density at radius 3 is 2.47 bits per heavy atom. The molecule has 0 bridgehead atoms. The Morgan fingerprint density at radius 2 is 1.86 bits per heavy atom. The van der Waals surface area contributed by atoms with Crippen LogP contribution in [0.2, 0.25) is 0 Å². The number of nitrogens with zero attached hydrogens (tertiary/aromatic N) is 4. The van der Waals surface area contributed by atoms with E-state index in [1.165, 1.54) is 12.1 Å². The van der Waals surface area contributed by atoms with Crippen LogP contribution in [0.5, 0.6) is 0 Å². The summed E-state index contributed by atoms with van der Waals surface area (Å²) < 4.78 is 45.1. The number of benzene rings is 1. The van der Waals surface area contributed by atoms with E-state index >= 15 is 0 Å². The zero-order valence-electron chi connectivity index (χ0n) is 19.7. The fraction of sp³-hybridized carbons (Fsp3) is 0.520. The van der Waals surface area contributed by atoms with Crippen LogP contribution in [0.3, 0.4) is 0 Å². The predicted molar refractivity (Wildman–Crippen MR) is 123 cm³/mol. The molecule has 36 heavy (non-hydrogen) atoms. The fourth-order valence-electron chi connectivity index (χ4n) is 5.19. The number of hydrogen-bond acceptors (Lipinski definition) is 6. The number of nitro benzene ring substituents is 1. The monoisotopic (exact) mass is 504 g/mol. The van der Waals surface area contributed by atoms with Crippen molar-refractivity contribution in [3.63, 3.8) is 0 Å². The average molecular weight is 505 g/mol. The van der Waals surface area contributed by atoms with Gasteiger partial charge in [-0.1, -0.05) is 12.1 Å². The summed E-state index contributed by atoms with van der Waals surface area (Å²) >= 11 is 0. The fourth-order valence-corrected chi connectivity index (χ4v) is 5.19. The lowest BCUT2D eigenvalue weighted by molar-refractivity contribution is -0.384. The first-order valence-corrected chi connectivity index (χ1v) is 12.1. The molecule has 2 spiro atoms. The largest absolute Gasteiger partial charge is 0.417 e. The number of halogens is 3. The van der Waals surface area contributed by atoms with E-state index < -0.39 is 27.9 Å². The smallest absolute Gasteiger partial charge is 0.357 e. The minimum atomic E-state index is -4.45. The molecule has 0 N–H and O–H groups in total. The van der Waals surface area contributed by atoms with E-state index in [-0.39, 0.29) is 18.1 Å². The highest BCUT2D eigenvalue weighted by Crippen LogP contribution is 2.50. The van der Waals surface area contributed by atoms with Gasteiger partial charge < -0.3 is 14.5 Å². The summed E-state index contributed by atoms with van der Waals surface area (Å²) in [5.74, 6) is -0.108. The zero-order valence-corrected chi connectivity index (χ0v) is 19.7. The summed E-state index contributed by atoms with van der Waals surface area (Å²) in [6, 6.07) is 8.99. The third-order valence-electron chi connectivity index (χ3n) is 7.38. The first-order chi connectivity index (χ1) is 17.1. The van der Waals surface area contributed by atoms with E-state index in [4.69, 9.17) is 4.74 Å². The predicted octanol–water partition coefficient (Wildman–Crippen LogP) is 3.98. The number of nitro groups is 1. The van der Waals surface area contributed by atoms with Crippen molar-refractivity contribution in [1.82, 2.24) is 14.8 Å². The Kier molecular flexibility index (Phi) is 6.24. The highest BCUT2D eigenvalue weighted by molar-refractivity contribution is 5.89. The zero-order chi connectivity index (χ0) is 25.6. The van der Waals surface area contributed by atoms with Crippen LogP contribution in [0.4, 0.5) is 18.9 Å². The van der Waals surface area contributed by atoms with Crippen LogP contribution in [0.15, 0.2) is 42.6 Å². The van der Waals surface area contributed by atoms with Gasteiger partial charge in [-0.3, -0.25) is 19.9 Å². The number of non-ortho nitro benzene ring substituents is 1. The summed E-state index contributed by atoms with van der Waals surface area (Å²) in [5, 5.41) is 11.0. The molecule has 2 saturated heterocycles. The lowest BCUT2D eigenvalue weighted by Gasteiger charge is -2.50. The second-order valence-corrected chi connectivity index (χ2v) is 10.00. The number of aromatic nitrogens is 1. The SMILES string of the molecule is O=C1N(Cc2ccc(C(F)(F)F)cn2)CC2(CCN(CCc3cccc([N+](=O)[O-])c3)CC2)OC12CC2. The number of ether oxygens (including phenoxy) is 1. The number of carbonyl (C=O) groups excluding carboxylic acids is 1. The molecule has 1 aliphatic carbocycles. The summed E-state index contributed by atoms with van der Waals surface area (Å²) in [5.41, 5.74) is -0.696. The highest BCUT2D eigenvalue weighted by Gasteiger charge is 2.61. The van der Waals surface area contributed by atoms with Crippen LogP contribution in [0, 0.1) is 10.1 Å². The van der Waals surface area contributed by atoms with Gasteiger partial charge in [-0.25, -0.2) is 0 Å². The quantitative estimate of drug-likeness (QED) is 0.437. The Labute approximate surface area is 206 Å². The standard InChI is InChI=1S/C25H27F3N4O4/c26-25(27,28)19-4-5-20(29-15-19)16-31-17-23(36-24(7-8-24)22(31)33)9-12-30(13-10-23)11-6-18-2-1-3-21(14-18)32(34)35/h1-5,14-15H,6-13,16-17H2. The van der Waals surface area contributed by atoms with Crippen molar-refractivity contribution in [2.24, 2.45) is 0 Å². The Hall–Kier alpha value is -3.05. The van der Waals surface area contributed by atoms with Crippen LogP contribution >= 0.6 is 0 Å². The molecule has 1 amide bonds. The minimum absolute atomic E-state index is 0.0859. The highest BCUT2D eigenvalue weighted by atomic mass is 19.4. The Bertz CT molecular complexity index is 1140. The van der Waals surface area contributed by atoms with Crippen LogP contribution in [0.25, 0.3) is 0 Å². The van der Waals surface area contributed by atoms with Crippen LogP contribution in [-0.4, -0.2) is 63.0 Å². The molecular weight excluding hydrogens is 477 g/mol. The number of piperidine rings is 1. The second kappa shape index (κ2) is 9.11. The molecule has 1 aromatic carbocycles. The average Bonchev–Trinajstić information content (AvgIpc) is 3.62. The topological polar surface area (TPSA) is 88.8 Å². The van der Waals surface area contributed by atoms with Crippen molar-refractivity contribution in [3.05, 3.63) is 69.5 Å². The number of morpholine rings is 1. The maximum atomic E-state index is 13.1. The summed E-state index contributed by atoms with van der Waals surface area (Å²) in [4.78, 5) is 31.7. The number of hydrogen-bond donors (Lipinski definition) is 0. The van der Waals surface area contributed by atoms with Crippen LogP contribution < -0.4 is 0 Å². The number of carbonyl (C=O) groups is 1.